The Morgan fingerprint density at radius 1 is 1.13 bits per heavy atom. The molecule has 2 N–H and O–H groups in total. The molecular formula is C11H12O4. The van der Waals surface area contributed by atoms with Gasteiger partial charge in [-0.3, -0.25) is 9.59 Å². The van der Waals surface area contributed by atoms with Crippen LogP contribution in [0.15, 0.2) is 18.2 Å². The molecule has 0 atom stereocenters. The first kappa shape index (κ1) is 11.2. The number of carbonyl (C=O) groups is 2. The van der Waals surface area contributed by atoms with E-state index in [4.69, 9.17) is 10.2 Å². The fourth-order valence-electron chi connectivity index (χ4n) is 1.50. The van der Waals surface area contributed by atoms with E-state index in [1.165, 1.54) is 0 Å². The van der Waals surface area contributed by atoms with Crippen LogP contribution in [0.5, 0.6) is 0 Å². The number of hydrogen-bond donors (Lipinski definition) is 2. The van der Waals surface area contributed by atoms with Crippen molar-refractivity contribution in [1.82, 2.24) is 0 Å². The van der Waals surface area contributed by atoms with Crippen LogP contribution >= 0.6 is 0 Å². The monoisotopic (exact) mass is 208 g/mol. The zero-order valence-electron chi connectivity index (χ0n) is 8.36. The molecule has 0 aromatic heterocycles. The van der Waals surface area contributed by atoms with Gasteiger partial charge in [0.05, 0.1) is 12.8 Å². The summed E-state index contributed by atoms with van der Waals surface area (Å²) in [6, 6.07) is 5.17. The second-order valence-corrected chi connectivity index (χ2v) is 3.35. The smallest absolute Gasteiger partial charge is 0.307 e. The molecule has 0 fully saturated rings. The van der Waals surface area contributed by atoms with Gasteiger partial charge in [-0.15, -0.1) is 0 Å². The van der Waals surface area contributed by atoms with E-state index in [1.54, 1.807) is 25.1 Å². The average Bonchev–Trinajstić information content (AvgIpc) is 2.09. The molecule has 0 heterocycles. The van der Waals surface area contributed by atoms with Gasteiger partial charge in [0.1, 0.15) is 0 Å². The minimum Gasteiger partial charge on any atom is -0.481 e. The van der Waals surface area contributed by atoms with E-state index < -0.39 is 11.9 Å². The molecule has 0 aliphatic carbocycles. The molecule has 0 spiro atoms. The van der Waals surface area contributed by atoms with E-state index in [1.807, 2.05) is 0 Å². The lowest BCUT2D eigenvalue weighted by Crippen LogP contribution is -2.09. The second-order valence-electron chi connectivity index (χ2n) is 3.35. The molecule has 0 aliphatic heterocycles. The third-order valence-electron chi connectivity index (χ3n) is 2.18. The summed E-state index contributed by atoms with van der Waals surface area (Å²) in [5, 5.41) is 17.4. The van der Waals surface area contributed by atoms with Gasteiger partial charge in [0.25, 0.3) is 0 Å². The minimum absolute atomic E-state index is 0.130. The molecule has 80 valence electrons. The van der Waals surface area contributed by atoms with E-state index in [0.717, 1.165) is 5.56 Å². The summed E-state index contributed by atoms with van der Waals surface area (Å²) in [7, 11) is 0. The van der Waals surface area contributed by atoms with Gasteiger partial charge in [-0.25, -0.2) is 0 Å². The van der Waals surface area contributed by atoms with E-state index >= 15 is 0 Å². The third-order valence-corrected chi connectivity index (χ3v) is 2.18. The maximum Gasteiger partial charge on any atom is 0.307 e. The molecule has 0 aliphatic rings. The number of carboxylic acids is 2. The molecule has 4 heteroatoms. The molecule has 1 aromatic carbocycles. The van der Waals surface area contributed by atoms with Gasteiger partial charge in [-0.05, 0) is 23.6 Å². The summed E-state index contributed by atoms with van der Waals surface area (Å²) < 4.78 is 0. The number of carboxylic acid groups (broad SMARTS) is 2. The van der Waals surface area contributed by atoms with E-state index in [2.05, 4.69) is 0 Å². The molecular weight excluding hydrogens is 196 g/mol. The molecule has 4 nitrogen and oxygen atoms in total. The molecule has 0 saturated carbocycles. The van der Waals surface area contributed by atoms with Crippen LogP contribution in [0.3, 0.4) is 0 Å². The highest BCUT2D eigenvalue weighted by Gasteiger charge is 2.11. The van der Waals surface area contributed by atoms with Gasteiger partial charge in [-0.2, -0.15) is 0 Å². The number of aryl methyl sites for hydroxylation is 1. The summed E-state index contributed by atoms with van der Waals surface area (Å²) in [6.07, 6.45) is -0.264. The topological polar surface area (TPSA) is 74.6 Å². The number of benzene rings is 1. The molecule has 0 amide bonds. The van der Waals surface area contributed by atoms with E-state index in [9.17, 15) is 9.59 Å². The van der Waals surface area contributed by atoms with Gasteiger partial charge in [0, 0.05) is 0 Å². The lowest BCUT2D eigenvalue weighted by molar-refractivity contribution is -0.137. The molecule has 1 rings (SSSR count). The molecule has 0 saturated heterocycles. The second kappa shape index (κ2) is 4.59. The van der Waals surface area contributed by atoms with Crippen LogP contribution < -0.4 is 0 Å². The Balaban J connectivity index is 3.08. The number of aliphatic carboxylic acids is 2. The fourth-order valence-corrected chi connectivity index (χ4v) is 1.50. The predicted octanol–water partition coefficient (Wildman–Crippen LogP) is 1.25. The Kier molecular flexibility index (Phi) is 3.44. The van der Waals surface area contributed by atoms with Crippen LogP contribution in [-0.4, -0.2) is 22.2 Å². The molecule has 1 aromatic rings. The molecule has 15 heavy (non-hydrogen) atoms. The third kappa shape index (κ3) is 3.09. The van der Waals surface area contributed by atoms with Crippen LogP contribution in [0.1, 0.15) is 16.7 Å². The van der Waals surface area contributed by atoms with E-state index in [-0.39, 0.29) is 12.8 Å². The summed E-state index contributed by atoms with van der Waals surface area (Å²) >= 11 is 0. The highest BCUT2D eigenvalue weighted by molar-refractivity contribution is 5.74. The van der Waals surface area contributed by atoms with Gasteiger partial charge >= 0.3 is 11.9 Å². The van der Waals surface area contributed by atoms with Crippen LogP contribution in [0.4, 0.5) is 0 Å². The molecule has 0 radical (unpaired) electrons. The normalized spacial score (nSPS) is 9.93. The Hall–Kier alpha value is -1.84. The minimum atomic E-state index is -0.952. The van der Waals surface area contributed by atoms with Crippen molar-refractivity contribution >= 4 is 11.9 Å². The summed E-state index contributed by atoms with van der Waals surface area (Å²) in [4.78, 5) is 21.2. The maximum atomic E-state index is 10.6. The molecule has 0 bridgehead atoms. The van der Waals surface area contributed by atoms with Crippen molar-refractivity contribution in [2.45, 2.75) is 19.8 Å². The summed E-state index contributed by atoms with van der Waals surface area (Å²) in [6.45, 7) is 1.78. The van der Waals surface area contributed by atoms with Crippen LogP contribution in [0, 0.1) is 6.92 Å². The van der Waals surface area contributed by atoms with Gasteiger partial charge < -0.3 is 10.2 Å². The van der Waals surface area contributed by atoms with Crippen LogP contribution in [0.2, 0.25) is 0 Å². The zero-order chi connectivity index (χ0) is 11.4. The SMILES string of the molecule is Cc1cccc(CC(=O)O)c1CC(=O)O. The lowest BCUT2D eigenvalue weighted by atomic mass is 9.97. The van der Waals surface area contributed by atoms with Crippen molar-refractivity contribution in [1.29, 1.82) is 0 Å². The van der Waals surface area contributed by atoms with Gasteiger partial charge in [-0.1, -0.05) is 18.2 Å². The maximum absolute atomic E-state index is 10.6. The Morgan fingerprint density at radius 3 is 2.27 bits per heavy atom. The summed E-state index contributed by atoms with van der Waals surface area (Å²) in [5.74, 6) is -1.90. The summed E-state index contributed by atoms with van der Waals surface area (Å²) in [5.41, 5.74) is 1.99. The largest absolute Gasteiger partial charge is 0.481 e. The highest BCUT2D eigenvalue weighted by Crippen LogP contribution is 2.15. The Labute approximate surface area is 87.2 Å². The average molecular weight is 208 g/mol. The zero-order valence-corrected chi connectivity index (χ0v) is 8.36. The first-order valence-corrected chi connectivity index (χ1v) is 4.51. The predicted molar refractivity (Wildman–Crippen MR) is 53.9 cm³/mol. The van der Waals surface area contributed by atoms with Crippen molar-refractivity contribution in [2.24, 2.45) is 0 Å². The number of hydrogen-bond acceptors (Lipinski definition) is 2. The van der Waals surface area contributed by atoms with Crippen molar-refractivity contribution in [3.8, 4) is 0 Å². The van der Waals surface area contributed by atoms with Gasteiger partial charge in [0.2, 0.25) is 0 Å². The van der Waals surface area contributed by atoms with Crippen LogP contribution in [0.25, 0.3) is 0 Å². The van der Waals surface area contributed by atoms with Crippen molar-refractivity contribution < 1.29 is 19.8 Å². The molecule has 0 unspecified atom stereocenters. The highest BCUT2D eigenvalue weighted by atomic mass is 16.4. The lowest BCUT2D eigenvalue weighted by Gasteiger charge is -2.08. The first-order valence-electron chi connectivity index (χ1n) is 4.51. The van der Waals surface area contributed by atoms with Crippen molar-refractivity contribution in [2.75, 3.05) is 0 Å². The van der Waals surface area contributed by atoms with Crippen molar-refractivity contribution in [3.63, 3.8) is 0 Å². The van der Waals surface area contributed by atoms with Gasteiger partial charge in [0.15, 0.2) is 0 Å². The van der Waals surface area contributed by atoms with Crippen molar-refractivity contribution in [3.05, 3.63) is 34.9 Å². The first-order chi connectivity index (χ1) is 7.00. The Bertz CT molecular complexity index is 396. The van der Waals surface area contributed by atoms with Crippen LogP contribution in [-0.2, 0) is 22.4 Å². The van der Waals surface area contributed by atoms with E-state index in [0.29, 0.717) is 11.1 Å². The fraction of sp³-hybridized carbons (Fsp3) is 0.273. The quantitative estimate of drug-likeness (QED) is 0.780. The standard InChI is InChI=1S/C11H12O4/c1-7-3-2-4-8(5-10(12)13)9(7)6-11(14)15/h2-4H,5-6H2,1H3,(H,12,13)(H,14,15). The number of rotatable bonds is 4. The Morgan fingerprint density at radius 2 is 1.73 bits per heavy atom.